The normalized spacial score (nSPS) is 10.2. The van der Waals surface area contributed by atoms with E-state index >= 15 is 0 Å². The maximum atomic E-state index is 13.5. The summed E-state index contributed by atoms with van der Waals surface area (Å²) in [6, 6.07) is 10.4. The zero-order chi connectivity index (χ0) is 13.7. The Morgan fingerprint density at radius 1 is 1.26 bits per heavy atom. The second-order valence-electron chi connectivity index (χ2n) is 4.00. The second-order valence-corrected chi connectivity index (χ2v) is 4.92. The van der Waals surface area contributed by atoms with Crippen LogP contribution in [-0.4, -0.2) is 4.98 Å². The van der Waals surface area contributed by atoms with Crippen LogP contribution in [0, 0.1) is 17.1 Å². The lowest BCUT2D eigenvalue weighted by atomic mass is 10.2. The van der Waals surface area contributed by atoms with Gasteiger partial charge in [0.2, 0.25) is 0 Å². The topological polar surface area (TPSA) is 48.7 Å². The summed E-state index contributed by atoms with van der Waals surface area (Å²) in [5.74, 6) is -0.233. The minimum Gasteiger partial charge on any atom is -0.309 e. The molecule has 0 bridgehead atoms. The van der Waals surface area contributed by atoms with Gasteiger partial charge < -0.3 is 5.32 Å². The Bertz CT molecular complexity index is 622. The molecule has 0 aliphatic rings. The summed E-state index contributed by atoms with van der Waals surface area (Å²) in [6.07, 6.45) is 1.59. The molecule has 3 nitrogen and oxygen atoms in total. The molecular weight excluding hydrogens is 309 g/mol. The highest BCUT2D eigenvalue weighted by Crippen LogP contribution is 2.15. The molecule has 0 atom stereocenters. The van der Waals surface area contributed by atoms with Gasteiger partial charge in [-0.15, -0.1) is 0 Å². The third kappa shape index (κ3) is 3.85. The van der Waals surface area contributed by atoms with Crippen molar-refractivity contribution in [2.45, 2.75) is 13.1 Å². The van der Waals surface area contributed by atoms with Crippen LogP contribution in [0.5, 0.6) is 0 Å². The number of hydrogen-bond donors (Lipinski definition) is 1. The van der Waals surface area contributed by atoms with Gasteiger partial charge in [-0.25, -0.2) is 9.37 Å². The average Bonchev–Trinajstić information content (AvgIpc) is 2.43. The first-order chi connectivity index (χ1) is 9.19. The van der Waals surface area contributed by atoms with Gasteiger partial charge in [-0.1, -0.05) is 15.9 Å². The Kier molecular flexibility index (Phi) is 4.61. The monoisotopic (exact) mass is 319 g/mol. The summed E-state index contributed by atoms with van der Waals surface area (Å²) in [4.78, 5) is 3.89. The van der Waals surface area contributed by atoms with Gasteiger partial charge in [0.1, 0.15) is 17.6 Å². The number of aromatic nitrogens is 1. The van der Waals surface area contributed by atoms with Crippen molar-refractivity contribution in [3.8, 4) is 6.07 Å². The highest BCUT2D eigenvalue weighted by atomic mass is 79.9. The van der Waals surface area contributed by atoms with Gasteiger partial charge in [-0.3, -0.25) is 0 Å². The summed E-state index contributed by atoms with van der Waals surface area (Å²) in [7, 11) is 0. The third-order valence-corrected chi connectivity index (χ3v) is 3.08. The Labute approximate surface area is 119 Å². The predicted octanol–water partition coefficient (Wildman–Crippen LogP) is 3.14. The number of rotatable bonds is 4. The van der Waals surface area contributed by atoms with E-state index in [1.807, 2.05) is 12.1 Å². The molecule has 0 saturated carbocycles. The molecule has 2 rings (SSSR count). The van der Waals surface area contributed by atoms with Crippen molar-refractivity contribution in [2.75, 3.05) is 0 Å². The molecule has 19 heavy (non-hydrogen) atoms. The smallest absolute Gasteiger partial charge is 0.140 e. The summed E-state index contributed by atoms with van der Waals surface area (Å²) >= 11 is 3.31. The van der Waals surface area contributed by atoms with Gasteiger partial charge in [-0.2, -0.15) is 5.26 Å². The standard InChI is InChI=1S/C14H11BrFN3/c15-12-1-2-14(16)11(6-12)9-18-8-10-3-4-19-13(5-10)7-17/h1-6,18H,8-9H2. The van der Waals surface area contributed by atoms with Gasteiger partial charge in [0.05, 0.1) is 0 Å². The summed E-state index contributed by atoms with van der Waals surface area (Å²) in [5.41, 5.74) is 1.93. The van der Waals surface area contributed by atoms with E-state index in [9.17, 15) is 4.39 Å². The third-order valence-electron chi connectivity index (χ3n) is 2.59. The van der Waals surface area contributed by atoms with Crippen molar-refractivity contribution in [3.63, 3.8) is 0 Å². The number of hydrogen-bond acceptors (Lipinski definition) is 3. The van der Waals surface area contributed by atoms with Crippen LogP contribution in [0.3, 0.4) is 0 Å². The molecule has 1 aromatic carbocycles. The van der Waals surface area contributed by atoms with Gasteiger partial charge in [0.25, 0.3) is 0 Å². The van der Waals surface area contributed by atoms with Crippen molar-refractivity contribution >= 4 is 15.9 Å². The van der Waals surface area contributed by atoms with Crippen molar-refractivity contribution in [1.29, 1.82) is 5.26 Å². The Balaban J connectivity index is 1.96. The number of pyridine rings is 1. The molecule has 1 aromatic heterocycles. The number of nitrogens with zero attached hydrogens (tertiary/aromatic N) is 2. The molecule has 2 aromatic rings. The first-order valence-corrected chi connectivity index (χ1v) is 6.48. The summed E-state index contributed by atoms with van der Waals surface area (Å²) < 4.78 is 14.3. The molecule has 0 spiro atoms. The van der Waals surface area contributed by atoms with E-state index in [0.717, 1.165) is 10.0 Å². The molecule has 96 valence electrons. The Morgan fingerprint density at radius 3 is 2.89 bits per heavy atom. The van der Waals surface area contributed by atoms with Crippen LogP contribution in [0.25, 0.3) is 0 Å². The number of nitriles is 1. The van der Waals surface area contributed by atoms with E-state index < -0.39 is 0 Å². The zero-order valence-corrected chi connectivity index (χ0v) is 11.6. The fourth-order valence-corrected chi connectivity index (χ4v) is 2.07. The molecular formula is C14H11BrFN3. The first kappa shape index (κ1) is 13.7. The summed E-state index contributed by atoms with van der Waals surface area (Å²) in [5, 5.41) is 11.9. The fraction of sp³-hybridized carbons (Fsp3) is 0.143. The van der Waals surface area contributed by atoms with Crippen LogP contribution >= 0.6 is 15.9 Å². The lowest BCUT2D eigenvalue weighted by Crippen LogP contribution is -2.14. The molecule has 0 saturated heterocycles. The molecule has 0 unspecified atom stereocenters. The highest BCUT2D eigenvalue weighted by Gasteiger charge is 2.03. The van der Waals surface area contributed by atoms with Gasteiger partial charge >= 0.3 is 0 Å². The molecule has 0 fully saturated rings. The van der Waals surface area contributed by atoms with Crippen LogP contribution in [0.4, 0.5) is 4.39 Å². The van der Waals surface area contributed by atoms with E-state index in [1.165, 1.54) is 6.07 Å². The average molecular weight is 320 g/mol. The lowest BCUT2D eigenvalue weighted by Gasteiger charge is -2.07. The fourth-order valence-electron chi connectivity index (χ4n) is 1.67. The van der Waals surface area contributed by atoms with Crippen LogP contribution in [0.2, 0.25) is 0 Å². The molecule has 1 heterocycles. The van der Waals surface area contributed by atoms with E-state index in [4.69, 9.17) is 5.26 Å². The molecule has 0 amide bonds. The Morgan fingerprint density at radius 2 is 2.11 bits per heavy atom. The van der Waals surface area contributed by atoms with E-state index in [-0.39, 0.29) is 5.82 Å². The van der Waals surface area contributed by atoms with Crippen LogP contribution in [0.1, 0.15) is 16.8 Å². The number of nitrogens with one attached hydrogen (secondary N) is 1. The van der Waals surface area contributed by atoms with Crippen molar-refractivity contribution in [2.24, 2.45) is 0 Å². The Hall–Kier alpha value is -1.77. The zero-order valence-electron chi connectivity index (χ0n) is 10.0. The van der Waals surface area contributed by atoms with Crippen LogP contribution in [-0.2, 0) is 13.1 Å². The number of benzene rings is 1. The maximum Gasteiger partial charge on any atom is 0.140 e. The molecule has 1 N–H and O–H groups in total. The van der Waals surface area contributed by atoms with E-state index in [1.54, 1.807) is 24.4 Å². The number of halogens is 2. The molecule has 0 aliphatic carbocycles. The molecule has 0 aliphatic heterocycles. The molecule has 0 radical (unpaired) electrons. The van der Waals surface area contributed by atoms with Crippen LogP contribution in [0.15, 0.2) is 41.0 Å². The van der Waals surface area contributed by atoms with E-state index in [2.05, 4.69) is 26.2 Å². The summed E-state index contributed by atoms with van der Waals surface area (Å²) in [6.45, 7) is 0.985. The first-order valence-electron chi connectivity index (χ1n) is 5.68. The van der Waals surface area contributed by atoms with Crippen molar-refractivity contribution < 1.29 is 4.39 Å². The van der Waals surface area contributed by atoms with Gasteiger partial charge in [0, 0.05) is 29.3 Å². The second kappa shape index (κ2) is 6.41. The minimum absolute atomic E-state index is 0.233. The maximum absolute atomic E-state index is 13.5. The largest absolute Gasteiger partial charge is 0.309 e. The molecule has 5 heteroatoms. The highest BCUT2D eigenvalue weighted by molar-refractivity contribution is 9.10. The minimum atomic E-state index is -0.233. The predicted molar refractivity (Wildman–Crippen MR) is 73.6 cm³/mol. The van der Waals surface area contributed by atoms with Crippen molar-refractivity contribution in [1.82, 2.24) is 10.3 Å². The van der Waals surface area contributed by atoms with Gasteiger partial charge in [-0.05, 0) is 35.9 Å². The lowest BCUT2D eigenvalue weighted by molar-refractivity contribution is 0.587. The van der Waals surface area contributed by atoms with Crippen molar-refractivity contribution in [3.05, 3.63) is 63.6 Å². The van der Waals surface area contributed by atoms with Crippen LogP contribution < -0.4 is 5.32 Å². The SMILES string of the molecule is N#Cc1cc(CNCc2cc(Br)ccc2F)ccn1. The van der Waals surface area contributed by atoms with Gasteiger partial charge in [0.15, 0.2) is 0 Å². The van der Waals surface area contributed by atoms with E-state index in [0.29, 0.717) is 24.3 Å². The quantitative estimate of drug-likeness (QED) is 0.941.